The maximum absolute atomic E-state index is 11.9. The zero-order valence-corrected chi connectivity index (χ0v) is 16.5. The van der Waals surface area contributed by atoms with Crippen LogP contribution in [-0.2, 0) is 22.6 Å². The number of nitrogens with zero attached hydrogens (tertiary/aromatic N) is 3. The van der Waals surface area contributed by atoms with Gasteiger partial charge in [-0.2, -0.15) is 4.98 Å². The molecule has 0 fully saturated rings. The van der Waals surface area contributed by atoms with Crippen molar-refractivity contribution in [1.82, 2.24) is 25.2 Å². The van der Waals surface area contributed by atoms with Crippen molar-refractivity contribution in [2.24, 2.45) is 0 Å². The van der Waals surface area contributed by atoms with Crippen LogP contribution in [0.2, 0.25) is 0 Å². The molecular formula is C17H15N5O2S3. The summed E-state index contributed by atoms with van der Waals surface area (Å²) in [6.07, 6.45) is 0.567. The molecule has 4 aromatic rings. The summed E-state index contributed by atoms with van der Waals surface area (Å²) >= 11 is 4.64. The molecule has 7 nitrogen and oxygen atoms in total. The first-order valence-corrected chi connectivity index (χ1v) is 10.8. The van der Waals surface area contributed by atoms with E-state index in [0.717, 1.165) is 20.4 Å². The summed E-state index contributed by atoms with van der Waals surface area (Å²) < 4.78 is 1.79. The van der Waals surface area contributed by atoms with E-state index in [0.29, 0.717) is 25.3 Å². The molecule has 0 aliphatic carbocycles. The second-order valence-electron chi connectivity index (χ2n) is 5.60. The number of hydrogen-bond donors (Lipinski definition) is 2. The number of aromatic nitrogens is 3. The van der Waals surface area contributed by atoms with Crippen LogP contribution in [0.5, 0.6) is 0 Å². The van der Waals surface area contributed by atoms with Crippen LogP contribution < -0.4 is 10.6 Å². The van der Waals surface area contributed by atoms with Gasteiger partial charge < -0.3 is 10.6 Å². The monoisotopic (exact) mass is 417 g/mol. The normalized spacial score (nSPS) is 11.0. The van der Waals surface area contributed by atoms with Gasteiger partial charge in [-0.3, -0.25) is 9.59 Å². The third kappa shape index (κ3) is 4.07. The zero-order valence-electron chi connectivity index (χ0n) is 14.0. The van der Waals surface area contributed by atoms with Crippen molar-refractivity contribution in [2.45, 2.75) is 13.0 Å². The van der Waals surface area contributed by atoms with Gasteiger partial charge in [-0.05, 0) is 22.9 Å². The van der Waals surface area contributed by atoms with Crippen molar-refractivity contribution < 1.29 is 9.59 Å². The summed E-state index contributed by atoms with van der Waals surface area (Å²) in [7, 11) is 0. The third-order valence-corrected chi connectivity index (χ3v) is 6.37. The topological polar surface area (TPSA) is 88.4 Å². The van der Waals surface area contributed by atoms with Gasteiger partial charge in [-0.1, -0.05) is 12.1 Å². The summed E-state index contributed by atoms with van der Waals surface area (Å²) in [6, 6.07) is 7.77. The van der Waals surface area contributed by atoms with E-state index in [1.165, 1.54) is 22.7 Å². The van der Waals surface area contributed by atoms with Crippen LogP contribution in [-0.4, -0.2) is 33.0 Å². The van der Waals surface area contributed by atoms with Crippen LogP contribution in [0, 0.1) is 0 Å². The minimum Gasteiger partial charge on any atom is -0.347 e. The minimum atomic E-state index is -0.629. The molecule has 0 aliphatic rings. The molecule has 0 spiro atoms. The highest BCUT2D eigenvalue weighted by Gasteiger charge is 2.15. The van der Waals surface area contributed by atoms with Crippen molar-refractivity contribution in [2.75, 3.05) is 6.54 Å². The van der Waals surface area contributed by atoms with E-state index in [1.54, 1.807) is 15.9 Å². The van der Waals surface area contributed by atoms with Crippen LogP contribution in [0.4, 0.5) is 0 Å². The lowest BCUT2D eigenvalue weighted by Gasteiger charge is -2.05. The highest BCUT2D eigenvalue weighted by Crippen LogP contribution is 2.24. The lowest BCUT2D eigenvalue weighted by atomic mass is 10.3. The number of carbonyl (C=O) groups is 2. The minimum absolute atomic E-state index is 0.352. The number of nitrogens with one attached hydrogen (secondary N) is 2. The smallest absolute Gasteiger partial charge is 0.309 e. The van der Waals surface area contributed by atoms with Crippen LogP contribution in [0.15, 0.2) is 40.4 Å². The van der Waals surface area contributed by atoms with Crippen LogP contribution in [0.3, 0.4) is 0 Å². The Bertz CT molecular complexity index is 1050. The van der Waals surface area contributed by atoms with Crippen molar-refractivity contribution in [1.29, 1.82) is 0 Å². The Morgan fingerprint density at radius 3 is 2.63 bits per heavy atom. The molecule has 0 atom stereocenters. The van der Waals surface area contributed by atoms with Crippen molar-refractivity contribution in [3.63, 3.8) is 0 Å². The predicted molar refractivity (Wildman–Crippen MR) is 107 cm³/mol. The molecule has 4 rings (SSSR count). The van der Waals surface area contributed by atoms with E-state index in [1.807, 2.05) is 40.4 Å². The molecule has 0 aliphatic heterocycles. The molecule has 138 valence electrons. The number of thiazole rings is 1. The Morgan fingerprint density at radius 1 is 1.04 bits per heavy atom. The largest absolute Gasteiger partial charge is 0.347 e. The average Bonchev–Trinajstić information content (AvgIpc) is 3.44. The molecule has 2 N–H and O–H groups in total. The molecule has 0 aromatic carbocycles. The Hall–Kier alpha value is -2.56. The Morgan fingerprint density at radius 2 is 1.85 bits per heavy atom. The molecule has 10 heteroatoms. The quantitative estimate of drug-likeness (QED) is 0.472. The molecule has 0 bridgehead atoms. The molecular weight excluding hydrogens is 402 g/mol. The third-order valence-electron chi connectivity index (χ3n) is 3.77. The molecule has 0 saturated heterocycles. The molecule has 0 saturated carbocycles. The van der Waals surface area contributed by atoms with E-state index in [4.69, 9.17) is 0 Å². The maximum atomic E-state index is 11.9. The number of carbonyl (C=O) groups excluding carboxylic acids is 2. The molecule has 27 heavy (non-hydrogen) atoms. The maximum Gasteiger partial charge on any atom is 0.309 e. The summed E-state index contributed by atoms with van der Waals surface area (Å²) in [4.78, 5) is 31.1. The number of hydrogen-bond acceptors (Lipinski definition) is 7. The van der Waals surface area contributed by atoms with Gasteiger partial charge in [-0.15, -0.1) is 39.1 Å². The van der Waals surface area contributed by atoms with E-state index < -0.39 is 11.8 Å². The lowest BCUT2D eigenvalue weighted by Crippen LogP contribution is -2.40. The van der Waals surface area contributed by atoms with E-state index in [9.17, 15) is 9.59 Å². The predicted octanol–water partition coefficient (Wildman–Crippen LogP) is 2.56. The Kier molecular flexibility index (Phi) is 5.28. The number of fused-ring (bicyclic) bond motifs is 1. The van der Waals surface area contributed by atoms with Gasteiger partial charge in [0.25, 0.3) is 0 Å². The van der Waals surface area contributed by atoms with Gasteiger partial charge >= 0.3 is 11.8 Å². The zero-order chi connectivity index (χ0) is 18.6. The van der Waals surface area contributed by atoms with E-state index >= 15 is 0 Å². The highest BCUT2D eigenvalue weighted by molar-refractivity contribution is 7.15. The van der Waals surface area contributed by atoms with E-state index in [2.05, 4.69) is 20.7 Å². The van der Waals surface area contributed by atoms with Crippen molar-refractivity contribution in [3.8, 4) is 10.7 Å². The first-order valence-electron chi connectivity index (χ1n) is 8.16. The Balaban J connectivity index is 1.31. The fraction of sp³-hybridized carbons (Fsp3) is 0.176. The van der Waals surface area contributed by atoms with Crippen LogP contribution in [0.1, 0.15) is 10.6 Å². The summed E-state index contributed by atoms with van der Waals surface area (Å²) in [5.41, 5.74) is 0.949. The molecule has 0 unspecified atom stereocenters. The standard InChI is InChI=1S/C17H15N5O2S3/c23-15(16(24)19-9-12-3-1-7-25-12)18-6-5-11-10-27-17-20-14(21-22(11)17)13-4-2-8-26-13/h1-4,7-8,10H,5-6,9H2,(H,18,23)(H,19,24). The van der Waals surface area contributed by atoms with Crippen LogP contribution in [0.25, 0.3) is 15.7 Å². The number of amides is 2. The fourth-order valence-corrected chi connectivity index (χ4v) is 4.61. The van der Waals surface area contributed by atoms with Gasteiger partial charge in [0.1, 0.15) is 0 Å². The summed E-state index contributed by atoms with van der Waals surface area (Å²) in [6.45, 7) is 0.713. The van der Waals surface area contributed by atoms with Gasteiger partial charge in [0.2, 0.25) is 4.96 Å². The summed E-state index contributed by atoms with van der Waals surface area (Å²) in [5, 5.41) is 15.7. The SMILES string of the molecule is O=C(NCCc1csc2nc(-c3cccs3)nn12)C(=O)NCc1cccs1. The molecule has 2 amide bonds. The van der Waals surface area contributed by atoms with Gasteiger partial charge in [0, 0.05) is 23.2 Å². The van der Waals surface area contributed by atoms with Crippen molar-refractivity contribution in [3.05, 3.63) is 51.0 Å². The van der Waals surface area contributed by atoms with Gasteiger partial charge in [0.05, 0.1) is 17.1 Å². The first kappa shape index (κ1) is 17.8. The van der Waals surface area contributed by atoms with E-state index in [-0.39, 0.29) is 0 Å². The second kappa shape index (κ2) is 7.99. The van der Waals surface area contributed by atoms with Gasteiger partial charge in [-0.25, -0.2) is 4.52 Å². The summed E-state index contributed by atoms with van der Waals surface area (Å²) in [5.74, 6) is -0.550. The number of thiophene rings is 2. The molecule has 4 aromatic heterocycles. The molecule has 4 heterocycles. The average molecular weight is 418 g/mol. The Labute approximate surface area is 166 Å². The first-order chi connectivity index (χ1) is 13.2. The van der Waals surface area contributed by atoms with Crippen molar-refractivity contribution >= 4 is 50.8 Å². The number of rotatable bonds is 6. The lowest BCUT2D eigenvalue weighted by molar-refractivity contribution is -0.139. The highest BCUT2D eigenvalue weighted by atomic mass is 32.1. The second-order valence-corrected chi connectivity index (χ2v) is 8.42. The fourth-order valence-electron chi connectivity index (χ4n) is 2.45. The van der Waals surface area contributed by atoms with Gasteiger partial charge in [0.15, 0.2) is 5.82 Å². The van der Waals surface area contributed by atoms with Crippen LogP contribution >= 0.6 is 34.0 Å². The molecule has 0 radical (unpaired) electrons.